The van der Waals surface area contributed by atoms with E-state index in [1.165, 1.54) is 30.3 Å². The summed E-state index contributed by atoms with van der Waals surface area (Å²) in [6.45, 7) is -2.45. The van der Waals surface area contributed by atoms with E-state index in [0.29, 0.717) is 0 Å². The van der Waals surface area contributed by atoms with Gasteiger partial charge >= 0.3 is 12.4 Å². The minimum atomic E-state index is -4.75. The molecule has 2 N–H and O–H groups in total. The van der Waals surface area contributed by atoms with Crippen LogP contribution in [0.1, 0.15) is 27.4 Å². The van der Waals surface area contributed by atoms with Crippen molar-refractivity contribution in [1.29, 1.82) is 0 Å². The van der Waals surface area contributed by atoms with Crippen molar-refractivity contribution in [3.05, 3.63) is 103 Å². The van der Waals surface area contributed by atoms with Gasteiger partial charge in [0, 0.05) is 4.47 Å². The Bertz CT molecular complexity index is 1570. The number of allylic oxidation sites excluding steroid dienone is 1. The largest absolute Gasteiger partial charge is 0.405 e. The van der Waals surface area contributed by atoms with E-state index in [0.717, 1.165) is 24.3 Å². The smallest absolute Gasteiger partial charge is 0.345 e. The Morgan fingerprint density at radius 1 is 0.956 bits per heavy atom. The molecule has 3 unspecified atom stereocenters. The summed E-state index contributed by atoms with van der Waals surface area (Å²) >= 11 is 18.7. The Morgan fingerprint density at radius 3 is 2.13 bits per heavy atom. The number of hydrogen-bond acceptors (Lipinski definition) is 4. The average molecular weight is 781 g/mol. The highest BCUT2D eigenvalue weighted by Gasteiger charge is 2.39. The molecule has 3 atom stereocenters. The van der Waals surface area contributed by atoms with Gasteiger partial charge in [0.1, 0.15) is 12.6 Å². The maximum absolute atomic E-state index is 13.9. The van der Waals surface area contributed by atoms with Crippen molar-refractivity contribution >= 4 is 79.7 Å². The van der Waals surface area contributed by atoms with E-state index in [1.54, 1.807) is 23.5 Å². The van der Waals surface area contributed by atoms with Crippen LogP contribution in [0.2, 0.25) is 15.1 Å². The maximum Gasteiger partial charge on any atom is 0.405 e. The monoisotopic (exact) mass is 778 g/mol. The van der Waals surface area contributed by atoms with Crippen LogP contribution in [0.3, 0.4) is 0 Å². The fraction of sp³-hybridized carbons (Fsp3) is 0.214. The van der Waals surface area contributed by atoms with Gasteiger partial charge in [0.15, 0.2) is 11.1 Å². The second-order valence-electron chi connectivity index (χ2n) is 9.11. The van der Waals surface area contributed by atoms with Crippen LogP contribution in [-0.2, 0) is 20.1 Å². The van der Waals surface area contributed by atoms with Crippen molar-refractivity contribution < 1.29 is 44.3 Å². The van der Waals surface area contributed by atoms with Crippen molar-refractivity contribution in [3.63, 3.8) is 0 Å². The highest BCUT2D eigenvalue weighted by atomic mass is 79.9. The lowest BCUT2D eigenvalue weighted by atomic mass is 9.97. The fourth-order valence-corrected chi connectivity index (χ4v) is 5.61. The lowest BCUT2D eigenvalue weighted by molar-refractivity contribution is -0.139. The summed E-state index contributed by atoms with van der Waals surface area (Å²) in [4.78, 5) is 25.7. The first-order chi connectivity index (χ1) is 21.0. The van der Waals surface area contributed by atoms with Crippen LogP contribution in [0.5, 0.6) is 0 Å². The average Bonchev–Trinajstić information content (AvgIpc) is 2.96. The van der Waals surface area contributed by atoms with Gasteiger partial charge in [0.25, 0.3) is 5.91 Å². The molecule has 3 aromatic carbocycles. The lowest BCUT2D eigenvalue weighted by Gasteiger charge is -2.19. The lowest BCUT2D eigenvalue weighted by Crippen LogP contribution is -2.51. The van der Waals surface area contributed by atoms with Crippen LogP contribution >= 0.6 is 50.7 Å². The molecular formula is C28H20BrCl3F6N2O4S. The van der Waals surface area contributed by atoms with Gasteiger partial charge < -0.3 is 10.6 Å². The molecule has 0 spiro atoms. The molecule has 17 heteroatoms. The highest BCUT2D eigenvalue weighted by Crippen LogP contribution is 2.41. The molecule has 242 valence electrons. The number of halogens is 10. The third-order valence-electron chi connectivity index (χ3n) is 5.80. The molecule has 0 saturated heterocycles. The molecule has 3 rings (SSSR count). The van der Waals surface area contributed by atoms with E-state index in [1.807, 2.05) is 0 Å². The molecular weight excluding hydrogens is 761 g/mol. The van der Waals surface area contributed by atoms with E-state index in [2.05, 4.69) is 21.2 Å². The van der Waals surface area contributed by atoms with Gasteiger partial charge in [-0.25, -0.2) is 4.21 Å². The van der Waals surface area contributed by atoms with Gasteiger partial charge in [0.2, 0.25) is 5.91 Å². The number of nitrogens with one attached hydrogen (secondary N) is 2. The maximum atomic E-state index is 13.9. The number of hydrogen-bond donors (Lipinski definition) is 2. The van der Waals surface area contributed by atoms with Crippen LogP contribution in [0.25, 0.3) is 6.08 Å². The summed E-state index contributed by atoms with van der Waals surface area (Å²) in [7, 11) is 0. The number of benzene rings is 3. The van der Waals surface area contributed by atoms with Crippen LogP contribution in [0.4, 0.5) is 26.3 Å². The third-order valence-corrected chi connectivity index (χ3v) is 8.66. The number of alkyl halides is 6. The Morgan fingerprint density at radius 2 is 1.58 bits per heavy atom. The topological polar surface area (TPSA) is 84.5 Å². The Hall–Kier alpha value is -2.62. The Balaban J connectivity index is 1.80. The zero-order valence-corrected chi connectivity index (χ0v) is 27.0. The molecule has 0 bridgehead atoms. The molecule has 2 amide bonds. The first kappa shape index (κ1) is 36.8. The van der Waals surface area contributed by atoms with Gasteiger partial charge in [-0.2, -0.15) is 26.3 Å². The normalized spacial score (nSPS) is 14.2. The van der Waals surface area contributed by atoms with Crippen molar-refractivity contribution in [2.24, 2.45) is 0 Å². The summed E-state index contributed by atoms with van der Waals surface area (Å²) in [5, 5.41) is 3.44. The van der Waals surface area contributed by atoms with E-state index in [4.69, 9.17) is 39.0 Å². The minimum absolute atomic E-state index is 0.0755. The zero-order valence-electron chi connectivity index (χ0n) is 22.3. The summed E-state index contributed by atoms with van der Waals surface area (Å²) in [5.74, 6) is -4.33. The predicted molar refractivity (Wildman–Crippen MR) is 163 cm³/mol. The summed E-state index contributed by atoms with van der Waals surface area (Å²) in [6, 6.07) is 11.9. The molecule has 0 aliphatic rings. The molecule has 0 heterocycles. The summed E-state index contributed by atoms with van der Waals surface area (Å²) in [5.41, 5.74) is -0.160. The SMILES string of the molecule is O=C(NC(COS(=O)c1ccccc1)C(=O)NCC(F)(F)F)c1ccc(/C=C/C(c2cc(Cl)c(Cl)c(Cl)c2)C(F)(F)F)cc1Br. The van der Waals surface area contributed by atoms with Crippen molar-refractivity contribution in [2.45, 2.75) is 29.2 Å². The van der Waals surface area contributed by atoms with Gasteiger partial charge in [-0.15, -0.1) is 0 Å². The quantitative estimate of drug-likeness (QED) is 0.152. The zero-order chi connectivity index (χ0) is 33.5. The molecule has 0 fully saturated rings. The second kappa shape index (κ2) is 15.8. The van der Waals surface area contributed by atoms with Gasteiger partial charge in [-0.05, 0) is 63.5 Å². The van der Waals surface area contributed by atoms with E-state index >= 15 is 0 Å². The van der Waals surface area contributed by atoms with Crippen LogP contribution in [0, 0.1) is 0 Å². The molecule has 0 radical (unpaired) electrons. The number of rotatable bonds is 11. The molecule has 0 aliphatic carbocycles. The fourth-order valence-electron chi connectivity index (χ4n) is 3.65. The first-order valence-corrected chi connectivity index (χ1v) is 15.4. The highest BCUT2D eigenvalue weighted by molar-refractivity contribution is 9.10. The third kappa shape index (κ3) is 11.0. The molecule has 0 aliphatic heterocycles. The molecule has 6 nitrogen and oxygen atoms in total. The van der Waals surface area contributed by atoms with E-state index in [9.17, 15) is 40.1 Å². The second-order valence-corrected chi connectivity index (χ2v) is 12.3. The first-order valence-electron chi connectivity index (χ1n) is 12.4. The van der Waals surface area contributed by atoms with Crippen molar-refractivity contribution in [2.75, 3.05) is 13.2 Å². The summed E-state index contributed by atoms with van der Waals surface area (Å²) in [6.07, 6.45) is -7.49. The van der Waals surface area contributed by atoms with Gasteiger partial charge in [-0.3, -0.25) is 13.8 Å². The Labute approximate surface area is 278 Å². The standard InChI is InChI=1S/C28H20BrCl3F6N2O4S/c29-20-10-15(7-9-19(28(36,37)38)16-11-21(30)24(32)22(31)12-16)6-8-18(20)25(41)40-23(26(42)39-14-27(33,34)35)13-44-45(43)17-4-2-1-3-5-17/h1-12,19,23H,13-14H2,(H,39,42)(H,40,41)/b9-7+. The minimum Gasteiger partial charge on any atom is -0.345 e. The number of amides is 2. The van der Waals surface area contributed by atoms with Crippen LogP contribution in [-0.4, -0.2) is 47.6 Å². The van der Waals surface area contributed by atoms with E-state index < -0.39 is 60.4 Å². The molecule has 0 aromatic heterocycles. The number of carbonyl (C=O) groups excluding carboxylic acids is 2. The van der Waals surface area contributed by atoms with Crippen molar-refractivity contribution in [1.82, 2.24) is 10.6 Å². The number of carbonyl (C=O) groups is 2. The Kier molecular flexibility index (Phi) is 12.9. The van der Waals surface area contributed by atoms with Crippen LogP contribution < -0.4 is 10.6 Å². The van der Waals surface area contributed by atoms with Gasteiger partial charge in [-0.1, -0.05) is 71.2 Å². The molecule has 45 heavy (non-hydrogen) atoms. The predicted octanol–water partition coefficient (Wildman–Crippen LogP) is 8.28. The molecule has 0 saturated carbocycles. The van der Waals surface area contributed by atoms with Crippen molar-refractivity contribution in [3.8, 4) is 0 Å². The van der Waals surface area contributed by atoms with Gasteiger partial charge in [0.05, 0.1) is 38.1 Å². The van der Waals surface area contributed by atoms with E-state index in [-0.39, 0.29) is 41.1 Å². The molecule has 3 aromatic rings. The summed E-state index contributed by atoms with van der Waals surface area (Å²) < 4.78 is 97.3. The van der Waals surface area contributed by atoms with Crippen LogP contribution in [0.15, 0.2) is 76.1 Å².